The first kappa shape index (κ1) is 16.1. The van der Waals surface area contributed by atoms with Crippen molar-refractivity contribution in [3.63, 3.8) is 0 Å². The van der Waals surface area contributed by atoms with Crippen LogP contribution in [0.3, 0.4) is 0 Å². The lowest BCUT2D eigenvalue weighted by molar-refractivity contribution is 0.421. The molecule has 0 aliphatic carbocycles. The maximum atomic E-state index is 10.4. The minimum absolute atomic E-state index is 0.189. The summed E-state index contributed by atoms with van der Waals surface area (Å²) in [5.74, 6) is 0.189. The molecule has 5 nitrogen and oxygen atoms in total. The second-order valence-electron chi connectivity index (χ2n) is 6.44. The van der Waals surface area contributed by atoms with Crippen LogP contribution in [-0.4, -0.2) is 19.8 Å². The van der Waals surface area contributed by atoms with Gasteiger partial charge in [-0.2, -0.15) is 0 Å². The molecule has 0 saturated heterocycles. The first-order valence-corrected chi connectivity index (χ1v) is 8.42. The molecule has 2 aromatic heterocycles. The van der Waals surface area contributed by atoms with E-state index in [9.17, 15) is 5.11 Å². The van der Waals surface area contributed by atoms with Gasteiger partial charge in [-0.05, 0) is 53.8 Å². The summed E-state index contributed by atoms with van der Waals surface area (Å²) < 4.78 is 6.92. The number of aromatic hydroxyl groups is 1. The summed E-state index contributed by atoms with van der Waals surface area (Å²) in [4.78, 5) is 4.11. The molecule has 0 spiro atoms. The SMILES string of the molecule is Cc1cc(-c2ccc(-c3ccon3)c(O)c2)cc(C)c1Cn1ccnc1. The lowest BCUT2D eigenvalue weighted by Crippen LogP contribution is -2.02. The van der Waals surface area contributed by atoms with Gasteiger partial charge in [0.15, 0.2) is 0 Å². The zero-order valence-corrected chi connectivity index (χ0v) is 14.7. The van der Waals surface area contributed by atoms with Crippen LogP contribution < -0.4 is 0 Å². The monoisotopic (exact) mass is 345 g/mol. The van der Waals surface area contributed by atoms with Gasteiger partial charge in [-0.3, -0.25) is 0 Å². The highest BCUT2D eigenvalue weighted by atomic mass is 16.5. The van der Waals surface area contributed by atoms with Gasteiger partial charge in [0.25, 0.3) is 0 Å². The Morgan fingerprint density at radius 1 is 1.04 bits per heavy atom. The van der Waals surface area contributed by atoms with E-state index < -0.39 is 0 Å². The van der Waals surface area contributed by atoms with Crippen LogP contribution in [0.4, 0.5) is 0 Å². The molecule has 4 aromatic rings. The molecule has 5 heteroatoms. The summed E-state index contributed by atoms with van der Waals surface area (Å²) in [7, 11) is 0. The van der Waals surface area contributed by atoms with Crippen molar-refractivity contribution in [2.45, 2.75) is 20.4 Å². The zero-order chi connectivity index (χ0) is 18.1. The smallest absolute Gasteiger partial charge is 0.125 e. The average molecular weight is 345 g/mol. The second-order valence-corrected chi connectivity index (χ2v) is 6.44. The van der Waals surface area contributed by atoms with Crippen molar-refractivity contribution in [1.82, 2.24) is 14.7 Å². The summed E-state index contributed by atoms with van der Waals surface area (Å²) in [6.45, 7) is 5.03. The first-order valence-electron chi connectivity index (χ1n) is 8.42. The normalized spacial score (nSPS) is 11.0. The van der Waals surface area contributed by atoms with Crippen molar-refractivity contribution < 1.29 is 9.63 Å². The van der Waals surface area contributed by atoms with Crippen LogP contribution in [-0.2, 0) is 6.54 Å². The Morgan fingerprint density at radius 3 is 2.46 bits per heavy atom. The quantitative estimate of drug-likeness (QED) is 0.588. The molecule has 0 fully saturated rings. The van der Waals surface area contributed by atoms with E-state index in [0.29, 0.717) is 11.3 Å². The van der Waals surface area contributed by atoms with Gasteiger partial charge in [-0.15, -0.1) is 0 Å². The number of hydrogen-bond donors (Lipinski definition) is 1. The van der Waals surface area contributed by atoms with Crippen molar-refractivity contribution in [3.8, 4) is 28.1 Å². The minimum atomic E-state index is 0.189. The van der Waals surface area contributed by atoms with Crippen LogP contribution in [0.5, 0.6) is 5.75 Å². The fourth-order valence-electron chi connectivity index (χ4n) is 3.25. The van der Waals surface area contributed by atoms with Crippen LogP contribution in [0.1, 0.15) is 16.7 Å². The van der Waals surface area contributed by atoms with Crippen molar-refractivity contribution in [2.75, 3.05) is 0 Å². The molecule has 2 aromatic carbocycles. The zero-order valence-electron chi connectivity index (χ0n) is 14.7. The highest BCUT2D eigenvalue weighted by Crippen LogP contribution is 2.34. The predicted octanol–water partition coefficient (Wildman–Crippen LogP) is 4.58. The Morgan fingerprint density at radius 2 is 1.85 bits per heavy atom. The van der Waals surface area contributed by atoms with Gasteiger partial charge in [0, 0.05) is 30.6 Å². The number of phenolic OH excluding ortho intramolecular Hbond substituents is 1. The number of aryl methyl sites for hydroxylation is 2. The van der Waals surface area contributed by atoms with E-state index in [2.05, 4.69) is 40.7 Å². The lowest BCUT2D eigenvalue weighted by Gasteiger charge is -2.14. The molecule has 1 N–H and O–H groups in total. The molecular formula is C21H19N3O2. The number of phenols is 1. The molecule has 0 unspecified atom stereocenters. The molecule has 2 heterocycles. The summed E-state index contributed by atoms with van der Waals surface area (Å²) in [5.41, 5.74) is 7.05. The number of benzene rings is 2. The van der Waals surface area contributed by atoms with Crippen LogP contribution in [0.25, 0.3) is 22.4 Å². The first-order chi connectivity index (χ1) is 12.6. The van der Waals surface area contributed by atoms with E-state index in [0.717, 1.165) is 17.7 Å². The molecule has 26 heavy (non-hydrogen) atoms. The fourth-order valence-corrected chi connectivity index (χ4v) is 3.25. The maximum absolute atomic E-state index is 10.4. The Kier molecular flexibility index (Phi) is 4.05. The van der Waals surface area contributed by atoms with E-state index in [1.165, 1.54) is 23.0 Å². The highest BCUT2D eigenvalue weighted by Gasteiger charge is 2.11. The summed E-state index contributed by atoms with van der Waals surface area (Å²) in [6, 6.07) is 11.7. The molecule has 0 saturated carbocycles. The minimum Gasteiger partial charge on any atom is -0.507 e. The van der Waals surface area contributed by atoms with Crippen molar-refractivity contribution >= 4 is 0 Å². The average Bonchev–Trinajstić information content (AvgIpc) is 3.31. The molecule has 0 radical (unpaired) electrons. The molecule has 130 valence electrons. The van der Waals surface area contributed by atoms with Gasteiger partial charge in [0.1, 0.15) is 17.7 Å². The maximum Gasteiger partial charge on any atom is 0.125 e. The highest BCUT2D eigenvalue weighted by molar-refractivity contribution is 5.75. The topological polar surface area (TPSA) is 64.1 Å². The molecular weight excluding hydrogens is 326 g/mol. The third-order valence-electron chi connectivity index (χ3n) is 4.64. The molecule has 0 atom stereocenters. The molecule has 0 amide bonds. The van der Waals surface area contributed by atoms with E-state index >= 15 is 0 Å². The van der Waals surface area contributed by atoms with Gasteiger partial charge in [-0.1, -0.05) is 23.4 Å². The van der Waals surface area contributed by atoms with Gasteiger partial charge >= 0.3 is 0 Å². The largest absolute Gasteiger partial charge is 0.507 e. The standard InChI is InChI=1S/C21H19N3O2/c1-14-9-17(10-15(2)19(14)12-24-7-6-22-13-24)16-3-4-18(21(25)11-16)20-5-8-26-23-20/h3-11,13,25H,12H2,1-2H3. The van der Waals surface area contributed by atoms with Crippen molar-refractivity contribution in [1.29, 1.82) is 0 Å². The number of rotatable bonds is 4. The number of hydrogen-bond acceptors (Lipinski definition) is 4. The molecule has 0 aliphatic rings. The fraction of sp³-hybridized carbons (Fsp3) is 0.143. The van der Waals surface area contributed by atoms with E-state index in [1.54, 1.807) is 18.3 Å². The van der Waals surface area contributed by atoms with Gasteiger partial charge in [0.05, 0.1) is 6.33 Å². The van der Waals surface area contributed by atoms with E-state index in [1.807, 2.05) is 24.7 Å². The van der Waals surface area contributed by atoms with Gasteiger partial charge < -0.3 is 14.2 Å². The number of aromatic nitrogens is 3. The van der Waals surface area contributed by atoms with Gasteiger partial charge in [-0.25, -0.2) is 4.98 Å². The van der Waals surface area contributed by atoms with Crippen molar-refractivity contribution in [3.05, 3.63) is 78.1 Å². The lowest BCUT2D eigenvalue weighted by atomic mass is 9.94. The number of nitrogens with zero attached hydrogens (tertiary/aromatic N) is 3. The van der Waals surface area contributed by atoms with E-state index in [-0.39, 0.29) is 5.75 Å². The van der Waals surface area contributed by atoms with Crippen LogP contribution >= 0.6 is 0 Å². The Balaban J connectivity index is 1.69. The summed E-state index contributed by atoms with van der Waals surface area (Å²) >= 11 is 0. The van der Waals surface area contributed by atoms with Crippen LogP contribution in [0, 0.1) is 13.8 Å². The van der Waals surface area contributed by atoms with Crippen LogP contribution in [0.15, 0.2) is 65.9 Å². The van der Waals surface area contributed by atoms with Gasteiger partial charge in [0.2, 0.25) is 0 Å². The molecule has 0 bridgehead atoms. The summed E-state index contributed by atoms with van der Waals surface area (Å²) in [5, 5.41) is 14.3. The Labute approximate surface area is 151 Å². The predicted molar refractivity (Wildman–Crippen MR) is 99.8 cm³/mol. The third kappa shape index (κ3) is 2.99. The third-order valence-corrected chi connectivity index (χ3v) is 4.64. The van der Waals surface area contributed by atoms with Crippen LogP contribution in [0.2, 0.25) is 0 Å². The Bertz CT molecular complexity index is 1010. The number of imidazole rings is 1. The van der Waals surface area contributed by atoms with Crippen molar-refractivity contribution in [2.24, 2.45) is 0 Å². The molecule has 4 rings (SSSR count). The Hall–Kier alpha value is -3.34. The van der Waals surface area contributed by atoms with E-state index in [4.69, 9.17) is 4.52 Å². The molecule has 0 aliphatic heterocycles. The summed E-state index contributed by atoms with van der Waals surface area (Å²) in [6.07, 6.45) is 7.08. The second kappa shape index (κ2) is 6.52.